The van der Waals surface area contributed by atoms with E-state index in [2.05, 4.69) is 31.0 Å². The number of nitrogens with zero attached hydrogens (tertiary/aromatic N) is 2. The van der Waals surface area contributed by atoms with E-state index in [0.717, 1.165) is 26.2 Å². The molecular formula is C12H25N3O2. The van der Waals surface area contributed by atoms with Crippen LogP contribution in [0.1, 0.15) is 20.8 Å². The van der Waals surface area contributed by atoms with Gasteiger partial charge in [-0.2, -0.15) is 0 Å². The fourth-order valence-electron chi connectivity index (χ4n) is 1.95. The molecule has 1 rings (SSSR count). The van der Waals surface area contributed by atoms with E-state index in [0.29, 0.717) is 13.2 Å². The lowest BCUT2D eigenvalue weighted by Gasteiger charge is -2.42. The summed E-state index contributed by atoms with van der Waals surface area (Å²) in [5.41, 5.74) is 0.193. The van der Waals surface area contributed by atoms with Gasteiger partial charge in [0.25, 0.3) is 0 Å². The maximum atomic E-state index is 11.8. The van der Waals surface area contributed by atoms with E-state index in [9.17, 15) is 4.79 Å². The zero-order valence-electron chi connectivity index (χ0n) is 11.5. The van der Waals surface area contributed by atoms with Gasteiger partial charge in [-0.05, 0) is 20.8 Å². The van der Waals surface area contributed by atoms with E-state index in [1.165, 1.54) is 0 Å². The predicted molar refractivity (Wildman–Crippen MR) is 68.2 cm³/mol. The van der Waals surface area contributed by atoms with Crippen LogP contribution in [0.2, 0.25) is 0 Å². The second kappa shape index (κ2) is 6.21. The van der Waals surface area contributed by atoms with Crippen molar-refractivity contribution < 1.29 is 9.53 Å². The van der Waals surface area contributed by atoms with Gasteiger partial charge in [-0.15, -0.1) is 0 Å². The molecule has 2 amide bonds. The highest BCUT2D eigenvalue weighted by Gasteiger charge is 2.27. The third-order valence-electron chi connectivity index (χ3n) is 3.10. The molecule has 0 saturated carbocycles. The minimum atomic E-state index is 0.0237. The number of nitrogens with one attached hydrogen (secondary N) is 1. The highest BCUT2D eigenvalue weighted by Crippen LogP contribution is 2.15. The number of hydrogen-bond donors (Lipinski definition) is 1. The fraction of sp³-hybridized carbons (Fsp3) is 0.917. The molecule has 1 fully saturated rings. The van der Waals surface area contributed by atoms with Gasteiger partial charge < -0.3 is 15.0 Å². The molecule has 0 aromatic carbocycles. The summed E-state index contributed by atoms with van der Waals surface area (Å²) >= 11 is 0. The second-order valence-electron chi connectivity index (χ2n) is 5.37. The van der Waals surface area contributed by atoms with Crippen molar-refractivity contribution in [2.45, 2.75) is 26.3 Å². The summed E-state index contributed by atoms with van der Waals surface area (Å²) in [5, 5.41) is 2.85. The SMILES string of the molecule is COCCNC(=O)N1CCN(C(C)(C)C)CC1. The van der Waals surface area contributed by atoms with Gasteiger partial charge in [0.15, 0.2) is 0 Å². The molecular weight excluding hydrogens is 218 g/mol. The van der Waals surface area contributed by atoms with Crippen molar-refractivity contribution in [2.24, 2.45) is 0 Å². The zero-order valence-corrected chi connectivity index (χ0v) is 11.5. The van der Waals surface area contributed by atoms with Crippen molar-refractivity contribution in [3.05, 3.63) is 0 Å². The number of amides is 2. The van der Waals surface area contributed by atoms with Crippen LogP contribution in [0, 0.1) is 0 Å². The van der Waals surface area contributed by atoms with Crippen molar-refractivity contribution in [1.82, 2.24) is 15.1 Å². The molecule has 0 aromatic rings. The minimum Gasteiger partial charge on any atom is -0.383 e. The third-order valence-corrected chi connectivity index (χ3v) is 3.10. The van der Waals surface area contributed by atoms with Gasteiger partial charge in [0.1, 0.15) is 0 Å². The summed E-state index contributed by atoms with van der Waals surface area (Å²) in [5.74, 6) is 0. The predicted octanol–water partition coefficient (Wildman–Crippen LogP) is 0.759. The van der Waals surface area contributed by atoms with Gasteiger partial charge in [0.05, 0.1) is 6.61 Å². The average Bonchev–Trinajstić information content (AvgIpc) is 2.28. The Balaban J connectivity index is 2.29. The third kappa shape index (κ3) is 4.52. The normalized spacial score (nSPS) is 18.2. The van der Waals surface area contributed by atoms with Crippen molar-refractivity contribution >= 4 is 6.03 Å². The largest absolute Gasteiger partial charge is 0.383 e. The molecule has 17 heavy (non-hydrogen) atoms. The first-order valence-corrected chi connectivity index (χ1v) is 6.22. The molecule has 100 valence electrons. The first-order chi connectivity index (χ1) is 7.95. The van der Waals surface area contributed by atoms with Crippen LogP contribution >= 0.6 is 0 Å². The Labute approximate surface area is 104 Å². The van der Waals surface area contributed by atoms with Gasteiger partial charge in [-0.1, -0.05) is 0 Å². The Morgan fingerprint density at radius 2 is 1.82 bits per heavy atom. The first kappa shape index (κ1) is 14.3. The number of methoxy groups -OCH3 is 1. The number of urea groups is 1. The van der Waals surface area contributed by atoms with Crippen LogP contribution in [0.5, 0.6) is 0 Å². The molecule has 0 aliphatic carbocycles. The van der Waals surface area contributed by atoms with Gasteiger partial charge in [-0.25, -0.2) is 4.79 Å². The summed E-state index contributed by atoms with van der Waals surface area (Å²) in [7, 11) is 1.63. The van der Waals surface area contributed by atoms with Crippen molar-refractivity contribution in [2.75, 3.05) is 46.4 Å². The van der Waals surface area contributed by atoms with E-state index in [1.54, 1.807) is 7.11 Å². The molecule has 5 heteroatoms. The average molecular weight is 243 g/mol. The molecule has 0 atom stereocenters. The van der Waals surface area contributed by atoms with Crippen LogP contribution in [-0.4, -0.2) is 67.8 Å². The summed E-state index contributed by atoms with van der Waals surface area (Å²) in [4.78, 5) is 16.1. The quantitative estimate of drug-likeness (QED) is 0.744. The van der Waals surface area contributed by atoms with Crippen LogP contribution in [0.15, 0.2) is 0 Å². The van der Waals surface area contributed by atoms with Crippen LogP contribution in [0.4, 0.5) is 4.79 Å². The molecule has 5 nitrogen and oxygen atoms in total. The van der Waals surface area contributed by atoms with Crippen LogP contribution in [0.3, 0.4) is 0 Å². The van der Waals surface area contributed by atoms with Crippen molar-refractivity contribution in [1.29, 1.82) is 0 Å². The lowest BCUT2D eigenvalue weighted by Crippen LogP contribution is -2.56. The highest BCUT2D eigenvalue weighted by atomic mass is 16.5. The number of rotatable bonds is 3. The lowest BCUT2D eigenvalue weighted by atomic mass is 10.1. The molecule has 1 aliphatic rings. The van der Waals surface area contributed by atoms with Gasteiger partial charge >= 0.3 is 6.03 Å². The van der Waals surface area contributed by atoms with Crippen LogP contribution in [0.25, 0.3) is 0 Å². The summed E-state index contributed by atoms with van der Waals surface area (Å²) in [6.45, 7) is 11.3. The van der Waals surface area contributed by atoms with E-state index in [-0.39, 0.29) is 11.6 Å². The molecule has 0 spiro atoms. The maximum absolute atomic E-state index is 11.8. The Kier molecular flexibility index (Phi) is 5.21. The molecule has 0 unspecified atom stereocenters. The molecule has 1 heterocycles. The Morgan fingerprint density at radius 1 is 1.24 bits per heavy atom. The smallest absolute Gasteiger partial charge is 0.317 e. The van der Waals surface area contributed by atoms with Crippen molar-refractivity contribution in [3.63, 3.8) is 0 Å². The zero-order chi connectivity index (χ0) is 12.9. The second-order valence-corrected chi connectivity index (χ2v) is 5.37. The van der Waals surface area contributed by atoms with E-state index < -0.39 is 0 Å². The minimum absolute atomic E-state index is 0.0237. The number of carbonyl (C=O) groups excluding carboxylic acids is 1. The van der Waals surface area contributed by atoms with E-state index in [4.69, 9.17) is 4.74 Å². The molecule has 1 N–H and O–H groups in total. The monoisotopic (exact) mass is 243 g/mol. The number of hydrogen-bond acceptors (Lipinski definition) is 3. The maximum Gasteiger partial charge on any atom is 0.317 e. The lowest BCUT2D eigenvalue weighted by molar-refractivity contribution is 0.0738. The Hall–Kier alpha value is -0.810. The topological polar surface area (TPSA) is 44.8 Å². The first-order valence-electron chi connectivity index (χ1n) is 6.22. The van der Waals surface area contributed by atoms with E-state index in [1.807, 2.05) is 4.90 Å². The summed E-state index contributed by atoms with van der Waals surface area (Å²) in [6, 6.07) is 0.0237. The standard InChI is InChI=1S/C12H25N3O2/c1-12(2,3)15-8-6-14(7-9-15)11(16)13-5-10-17-4/h5-10H2,1-4H3,(H,13,16). The number of ether oxygens (including phenoxy) is 1. The molecule has 1 saturated heterocycles. The fourth-order valence-corrected chi connectivity index (χ4v) is 1.95. The number of carbonyl (C=O) groups is 1. The molecule has 0 radical (unpaired) electrons. The van der Waals surface area contributed by atoms with Crippen LogP contribution in [-0.2, 0) is 4.74 Å². The number of piperazine rings is 1. The Bertz CT molecular complexity index is 243. The van der Waals surface area contributed by atoms with Gasteiger partial charge in [0.2, 0.25) is 0 Å². The van der Waals surface area contributed by atoms with Gasteiger partial charge in [0, 0.05) is 45.4 Å². The van der Waals surface area contributed by atoms with Gasteiger partial charge in [-0.3, -0.25) is 4.90 Å². The molecule has 0 aromatic heterocycles. The molecule has 0 bridgehead atoms. The highest BCUT2D eigenvalue weighted by molar-refractivity contribution is 5.74. The summed E-state index contributed by atoms with van der Waals surface area (Å²) < 4.78 is 4.90. The van der Waals surface area contributed by atoms with E-state index >= 15 is 0 Å². The summed E-state index contributed by atoms with van der Waals surface area (Å²) in [6.07, 6.45) is 0. The molecule has 1 aliphatic heterocycles. The Morgan fingerprint density at radius 3 is 2.29 bits per heavy atom. The van der Waals surface area contributed by atoms with Crippen LogP contribution < -0.4 is 5.32 Å². The van der Waals surface area contributed by atoms with Crippen molar-refractivity contribution in [3.8, 4) is 0 Å².